The van der Waals surface area contributed by atoms with Crippen molar-refractivity contribution in [3.05, 3.63) is 34.3 Å². The van der Waals surface area contributed by atoms with Crippen molar-refractivity contribution in [3.63, 3.8) is 0 Å². The summed E-state index contributed by atoms with van der Waals surface area (Å²) < 4.78 is 0.928. The van der Waals surface area contributed by atoms with Gasteiger partial charge < -0.3 is 10.4 Å². The molecule has 0 heterocycles. The third-order valence-corrected chi connectivity index (χ3v) is 3.16. The largest absolute Gasteiger partial charge is 0.481 e. The first-order valence-electron chi connectivity index (χ1n) is 4.72. The molecule has 3 nitrogen and oxygen atoms in total. The zero-order valence-corrected chi connectivity index (χ0v) is 10.3. The minimum Gasteiger partial charge on any atom is -0.481 e. The van der Waals surface area contributed by atoms with Gasteiger partial charge in [0.15, 0.2) is 0 Å². The van der Waals surface area contributed by atoms with Crippen molar-refractivity contribution in [2.75, 3.05) is 7.05 Å². The highest BCUT2D eigenvalue weighted by atomic mass is 79.9. The van der Waals surface area contributed by atoms with E-state index in [2.05, 4.69) is 21.2 Å². The van der Waals surface area contributed by atoms with Gasteiger partial charge in [0.1, 0.15) is 0 Å². The second-order valence-corrected chi connectivity index (χ2v) is 4.27. The number of rotatable bonds is 4. The molecule has 2 unspecified atom stereocenters. The lowest BCUT2D eigenvalue weighted by molar-refractivity contribution is -0.142. The molecule has 2 atom stereocenters. The molecule has 1 rings (SSSR count). The zero-order chi connectivity index (χ0) is 11.4. The minimum atomic E-state index is -0.801. The molecule has 1 aromatic carbocycles. The lowest BCUT2D eigenvalue weighted by atomic mass is 9.95. The predicted molar refractivity (Wildman–Crippen MR) is 62.7 cm³/mol. The van der Waals surface area contributed by atoms with E-state index >= 15 is 0 Å². The van der Waals surface area contributed by atoms with Crippen LogP contribution < -0.4 is 5.32 Å². The van der Waals surface area contributed by atoms with Gasteiger partial charge in [-0.2, -0.15) is 0 Å². The highest BCUT2D eigenvalue weighted by Gasteiger charge is 2.24. The Morgan fingerprint density at radius 2 is 2.07 bits per heavy atom. The molecule has 0 aliphatic heterocycles. The van der Waals surface area contributed by atoms with Crippen molar-refractivity contribution in [2.24, 2.45) is 5.92 Å². The Bertz CT molecular complexity index is 354. The van der Waals surface area contributed by atoms with Crippen molar-refractivity contribution < 1.29 is 9.90 Å². The fourth-order valence-electron chi connectivity index (χ4n) is 1.54. The molecule has 2 N–H and O–H groups in total. The highest BCUT2D eigenvalue weighted by molar-refractivity contribution is 9.10. The molecule has 1 aromatic rings. The van der Waals surface area contributed by atoms with E-state index in [-0.39, 0.29) is 6.04 Å². The van der Waals surface area contributed by atoms with Crippen LogP contribution in [0.4, 0.5) is 0 Å². The van der Waals surface area contributed by atoms with Crippen LogP contribution in [0.25, 0.3) is 0 Å². The molecule has 0 fully saturated rings. The van der Waals surface area contributed by atoms with Gasteiger partial charge in [-0.25, -0.2) is 0 Å². The summed E-state index contributed by atoms with van der Waals surface area (Å²) in [6, 6.07) is 7.46. The first-order chi connectivity index (χ1) is 7.07. The Labute approximate surface area is 97.6 Å². The second-order valence-electron chi connectivity index (χ2n) is 3.41. The number of hydrogen-bond donors (Lipinski definition) is 2. The van der Waals surface area contributed by atoms with Crippen molar-refractivity contribution in [1.29, 1.82) is 0 Å². The molecule has 4 heteroatoms. The smallest absolute Gasteiger partial charge is 0.308 e. The molecular formula is C11H14BrNO2. The van der Waals surface area contributed by atoms with Gasteiger partial charge in [0.2, 0.25) is 0 Å². The first-order valence-corrected chi connectivity index (χ1v) is 5.51. The summed E-state index contributed by atoms with van der Waals surface area (Å²) in [5.74, 6) is -1.26. The van der Waals surface area contributed by atoms with Crippen LogP contribution in [0.5, 0.6) is 0 Å². The molecule has 0 aromatic heterocycles. The standard InChI is InChI=1S/C11H14BrNO2/c1-7(11(14)15)10(13-2)8-5-3-4-6-9(8)12/h3-7,10,13H,1-2H3,(H,14,15). The van der Waals surface area contributed by atoms with Crippen LogP contribution in [0.2, 0.25) is 0 Å². The average Bonchev–Trinajstić information content (AvgIpc) is 2.21. The first kappa shape index (κ1) is 12.2. The van der Waals surface area contributed by atoms with Crippen LogP contribution in [-0.2, 0) is 4.79 Å². The quantitative estimate of drug-likeness (QED) is 0.885. The van der Waals surface area contributed by atoms with Crippen LogP contribution in [0.3, 0.4) is 0 Å². The Hall–Kier alpha value is -0.870. The lowest BCUT2D eigenvalue weighted by Gasteiger charge is -2.21. The van der Waals surface area contributed by atoms with Gasteiger partial charge in [-0.3, -0.25) is 4.79 Å². The van der Waals surface area contributed by atoms with E-state index in [9.17, 15) is 4.79 Å². The molecule has 0 bridgehead atoms. The van der Waals surface area contributed by atoms with Gasteiger partial charge in [0, 0.05) is 10.5 Å². The number of benzene rings is 1. The van der Waals surface area contributed by atoms with Crippen molar-refractivity contribution in [1.82, 2.24) is 5.32 Å². The number of hydrogen-bond acceptors (Lipinski definition) is 2. The topological polar surface area (TPSA) is 49.3 Å². The molecule has 0 saturated heterocycles. The van der Waals surface area contributed by atoms with Crippen LogP contribution in [-0.4, -0.2) is 18.1 Å². The Balaban J connectivity index is 3.02. The Morgan fingerprint density at radius 3 is 2.53 bits per heavy atom. The van der Waals surface area contributed by atoms with Crippen LogP contribution in [0.15, 0.2) is 28.7 Å². The maximum absolute atomic E-state index is 10.9. The van der Waals surface area contributed by atoms with E-state index in [1.165, 1.54) is 0 Å². The summed E-state index contributed by atoms with van der Waals surface area (Å²) in [6.45, 7) is 1.70. The summed E-state index contributed by atoms with van der Waals surface area (Å²) in [4.78, 5) is 10.9. The van der Waals surface area contributed by atoms with E-state index in [1.54, 1.807) is 14.0 Å². The molecule has 0 aliphatic carbocycles. The van der Waals surface area contributed by atoms with Crippen LogP contribution >= 0.6 is 15.9 Å². The van der Waals surface area contributed by atoms with Gasteiger partial charge >= 0.3 is 5.97 Å². The minimum absolute atomic E-state index is 0.182. The number of aliphatic carboxylic acids is 1. The average molecular weight is 272 g/mol. The summed E-state index contributed by atoms with van der Waals surface area (Å²) in [5, 5.41) is 12.0. The number of nitrogens with one attached hydrogen (secondary N) is 1. The summed E-state index contributed by atoms with van der Waals surface area (Å²) in [6.07, 6.45) is 0. The molecule has 0 radical (unpaired) electrons. The number of carbonyl (C=O) groups is 1. The SMILES string of the molecule is CNC(c1ccccc1Br)C(C)C(=O)O. The maximum Gasteiger partial charge on any atom is 0.308 e. The third kappa shape index (κ3) is 2.79. The fourth-order valence-corrected chi connectivity index (χ4v) is 2.08. The summed E-state index contributed by atoms with van der Waals surface area (Å²) in [7, 11) is 1.77. The Morgan fingerprint density at radius 1 is 1.47 bits per heavy atom. The van der Waals surface area contributed by atoms with Crippen LogP contribution in [0, 0.1) is 5.92 Å². The van der Waals surface area contributed by atoms with E-state index < -0.39 is 11.9 Å². The summed E-state index contributed by atoms with van der Waals surface area (Å²) in [5.41, 5.74) is 0.968. The van der Waals surface area contributed by atoms with E-state index in [0.717, 1.165) is 10.0 Å². The van der Waals surface area contributed by atoms with E-state index in [0.29, 0.717) is 0 Å². The molecule has 15 heavy (non-hydrogen) atoms. The summed E-state index contributed by atoms with van der Waals surface area (Å²) >= 11 is 3.42. The molecular weight excluding hydrogens is 258 g/mol. The van der Waals surface area contributed by atoms with Gasteiger partial charge in [-0.05, 0) is 18.7 Å². The highest BCUT2D eigenvalue weighted by Crippen LogP contribution is 2.28. The van der Waals surface area contributed by atoms with Gasteiger partial charge in [-0.15, -0.1) is 0 Å². The fraction of sp³-hybridized carbons (Fsp3) is 0.364. The molecule has 0 saturated carbocycles. The Kier molecular flexibility index (Phi) is 4.29. The molecule has 0 amide bonds. The molecule has 82 valence electrons. The maximum atomic E-state index is 10.9. The second kappa shape index (κ2) is 5.28. The normalized spacial score (nSPS) is 14.6. The molecule has 0 spiro atoms. The van der Waals surface area contributed by atoms with Gasteiger partial charge in [0.05, 0.1) is 5.92 Å². The van der Waals surface area contributed by atoms with E-state index in [1.807, 2.05) is 24.3 Å². The lowest BCUT2D eigenvalue weighted by Crippen LogP contribution is -2.29. The van der Waals surface area contributed by atoms with Gasteiger partial charge in [0.25, 0.3) is 0 Å². The third-order valence-electron chi connectivity index (χ3n) is 2.44. The van der Waals surface area contributed by atoms with Crippen molar-refractivity contribution in [3.8, 4) is 0 Å². The monoisotopic (exact) mass is 271 g/mol. The van der Waals surface area contributed by atoms with Crippen LogP contribution in [0.1, 0.15) is 18.5 Å². The number of carboxylic acids is 1. The van der Waals surface area contributed by atoms with E-state index in [4.69, 9.17) is 5.11 Å². The number of halogens is 1. The zero-order valence-electron chi connectivity index (χ0n) is 8.70. The predicted octanol–water partition coefficient (Wildman–Crippen LogP) is 2.43. The molecule has 0 aliphatic rings. The van der Waals surface area contributed by atoms with Crippen molar-refractivity contribution in [2.45, 2.75) is 13.0 Å². The number of carboxylic acid groups (broad SMARTS) is 1. The van der Waals surface area contributed by atoms with Gasteiger partial charge in [-0.1, -0.05) is 41.1 Å². The van der Waals surface area contributed by atoms with Crippen molar-refractivity contribution >= 4 is 21.9 Å².